The van der Waals surface area contributed by atoms with Gasteiger partial charge in [-0.05, 0) is 0 Å². The van der Waals surface area contributed by atoms with Crippen LogP contribution in [0.2, 0.25) is 0 Å². The summed E-state index contributed by atoms with van der Waals surface area (Å²) in [6, 6.07) is 0. The van der Waals surface area contributed by atoms with Gasteiger partial charge in [0.05, 0.1) is 18.4 Å². The third-order valence-corrected chi connectivity index (χ3v) is 2.04. The van der Waals surface area contributed by atoms with Crippen molar-refractivity contribution in [2.45, 2.75) is 13.8 Å². The van der Waals surface area contributed by atoms with Gasteiger partial charge < -0.3 is 14.6 Å². The SMILES string of the molecule is COCCOC(=O)C(C)C(C)C(=O)O. The number of aliphatic carboxylic acids is 1. The van der Waals surface area contributed by atoms with Crippen molar-refractivity contribution in [1.82, 2.24) is 0 Å². The zero-order chi connectivity index (χ0) is 11.1. The van der Waals surface area contributed by atoms with E-state index >= 15 is 0 Å². The second-order valence-corrected chi connectivity index (χ2v) is 3.08. The van der Waals surface area contributed by atoms with Crippen molar-refractivity contribution in [1.29, 1.82) is 0 Å². The first-order chi connectivity index (χ1) is 6.50. The average Bonchev–Trinajstić information content (AvgIpc) is 2.15. The van der Waals surface area contributed by atoms with Gasteiger partial charge in [-0.15, -0.1) is 0 Å². The Morgan fingerprint density at radius 1 is 1.21 bits per heavy atom. The van der Waals surface area contributed by atoms with Gasteiger partial charge in [0.2, 0.25) is 0 Å². The average molecular weight is 204 g/mol. The van der Waals surface area contributed by atoms with Crippen molar-refractivity contribution in [2.75, 3.05) is 20.3 Å². The molecule has 0 aliphatic rings. The molecule has 0 saturated heterocycles. The Morgan fingerprint density at radius 2 is 1.79 bits per heavy atom. The maximum Gasteiger partial charge on any atom is 0.309 e. The molecule has 0 radical (unpaired) electrons. The summed E-state index contributed by atoms with van der Waals surface area (Å²) in [7, 11) is 1.50. The topological polar surface area (TPSA) is 72.8 Å². The number of carboxylic acid groups (broad SMARTS) is 1. The number of hydrogen-bond acceptors (Lipinski definition) is 4. The molecule has 0 aromatic carbocycles. The lowest BCUT2D eigenvalue weighted by molar-refractivity contribution is -0.157. The standard InChI is InChI=1S/C9H16O5/c1-6(8(10)11)7(2)9(12)14-5-4-13-3/h6-7H,4-5H2,1-3H3,(H,10,11). The molecule has 5 heteroatoms. The molecule has 0 spiro atoms. The molecule has 2 unspecified atom stereocenters. The number of carboxylic acids is 1. The molecular formula is C9H16O5. The van der Waals surface area contributed by atoms with Gasteiger partial charge in [0.15, 0.2) is 0 Å². The number of esters is 1. The van der Waals surface area contributed by atoms with Crippen LogP contribution in [-0.4, -0.2) is 37.4 Å². The Balaban J connectivity index is 3.92. The quantitative estimate of drug-likeness (QED) is 0.504. The summed E-state index contributed by atoms with van der Waals surface area (Å²) in [5, 5.41) is 8.64. The minimum atomic E-state index is -0.999. The molecule has 2 atom stereocenters. The third kappa shape index (κ3) is 4.23. The largest absolute Gasteiger partial charge is 0.481 e. The minimum Gasteiger partial charge on any atom is -0.481 e. The van der Waals surface area contributed by atoms with Crippen molar-refractivity contribution in [3.8, 4) is 0 Å². The van der Waals surface area contributed by atoms with E-state index in [0.717, 1.165) is 0 Å². The van der Waals surface area contributed by atoms with Crippen molar-refractivity contribution in [3.63, 3.8) is 0 Å². The Hall–Kier alpha value is -1.10. The first-order valence-corrected chi connectivity index (χ1v) is 4.39. The highest BCUT2D eigenvalue weighted by Crippen LogP contribution is 2.12. The van der Waals surface area contributed by atoms with E-state index < -0.39 is 23.8 Å². The summed E-state index contributed by atoms with van der Waals surface area (Å²) in [5.74, 6) is -2.87. The van der Waals surface area contributed by atoms with E-state index in [1.54, 1.807) is 0 Å². The second-order valence-electron chi connectivity index (χ2n) is 3.08. The van der Waals surface area contributed by atoms with Crippen molar-refractivity contribution in [3.05, 3.63) is 0 Å². The lowest BCUT2D eigenvalue weighted by Crippen LogP contribution is -2.27. The van der Waals surface area contributed by atoms with E-state index in [4.69, 9.17) is 9.84 Å². The zero-order valence-electron chi connectivity index (χ0n) is 8.65. The maximum atomic E-state index is 11.2. The van der Waals surface area contributed by atoms with Gasteiger partial charge >= 0.3 is 11.9 Å². The number of carbonyl (C=O) groups is 2. The van der Waals surface area contributed by atoms with Crippen molar-refractivity contribution in [2.24, 2.45) is 11.8 Å². The third-order valence-electron chi connectivity index (χ3n) is 2.04. The Kier molecular flexibility index (Phi) is 5.87. The fourth-order valence-electron chi connectivity index (χ4n) is 0.775. The molecule has 14 heavy (non-hydrogen) atoms. The van der Waals surface area contributed by atoms with Crippen LogP contribution in [-0.2, 0) is 19.1 Å². The van der Waals surface area contributed by atoms with Gasteiger partial charge in [0.25, 0.3) is 0 Å². The van der Waals surface area contributed by atoms with Crippen LogP contribution < -0.4 is 0 Å². The monoisotopic (exact) mass is 204 g/mol. The fourth-order valence-corrected chi connectivity index (χ4v) is 0.775. The Labute approximate surface area is 83.0 Å². The second kappa shape index (κ2) is 6.37. The van der Waals surface area contributed by atoms with E-state index in [1.807, 2.05) is 0 Å². The van der Waals surface area contributed by atoms with Crippen LogP contribution in [0.15, 0.2) is 0 Å². The minimum absolute atomic E-state index is 0.159. The van der Waals surface area contributed by atoms with Crippen LogP contribution in [0.25, 0.3) is 0 Å². The van der Waals surface area contributed by atoms with Gasteiger partial charge in [-0.1, -0.05) is 13.8 Å². The van der Waals surface area contributed by atoms with Gasteiger partial charge in [-0.25, -0.2) is 0 Å². The lowest BCUT2D eigenvalue weighted by Gasteiger charge is -2.14. The number of methoxy groups -OCH3 is 1. The highest BCUT2D eigenvalue weighted by atomic mass is 16.6. The smallest absolute Gasteiger partial charge is 0.309 e. The Morgan fingerprint density at radius 3 is 2.21 bits per heavy atom. The summed E-state index contributed by atoms with van der Waals surface area (Å²) in [6.45, 7) is 3.49. The molecule has 0 bridgehead atoms. The predicted molar refractivity (Wildman–Crippen MR) is 48.8 cm³/mol. The first-order valence-electron chi connectivity index (χ1n) is 4.39. The lowest BCUT2D eigenvalue weighted by atomic mass is 9.96. The molecule has 0 aliphatic heterocycles. The van der Waals surface area contributed by atoms with Crippen LogP contribution >= 0.6 is 0 Å². The molecule has 1 N–H and O–H groups in total. The van der Waals surface area contributed by atoms with Gasteiger partial charge in [0.1, 0.15) is 6.61 Å². The maximum absolute atomic E-state index is 11.2. The number of carbonyl (C=O) groups excluding carboxylic acids is 1. The molecule has 0 aromatic heterocycles. The summed E-state index contributed by atoms with van der Waals surface area (Å²) in [4.78, 5) is 21.8. The zero-order valence-corrected chi connectivity index (χ0v) is 8.65. The number of ether oxygens (including phenoxy) is 2. The Bertz CT molecular complexity index is 201. The summed E-state index contributed by atoms with van der Waals surface area (Å²) >= 11 is 0. The molecule has 0 fully saturated rings. The molecule has 0 aromatic rings. The highest BCUT2D eigenvalue weighted by Gasteiger charge is 2.26. The molecule has 5 nitrogen and oxygen atoms in total. The van der Waals surface area contributed by atoms with Gasteiger partial charge in [0, 0.05) is 7.11 Å². The summed E-state index contributed by atoms with van der Waals surface area (Å²) in [6.07, 6.45) is 0. The van der Waals surface area contributed by atoms with Crippen LogP contribution in [0, 0.1) is 11.8 Å². The normalized spacial score (nSPS) is 14.5. The molecular weight excluding hydrogens is 188 g/mol. The van der Waals surface area contributed by atoms with E-state index in [9.17, 15) is 9.59 Å². The molecule has 0 heterocycles. The van der Waals surface area contributed by atoms with E-state index in [2.05, 4.69) is 4.74 Å². The number of hydrogen-bond donors (Lipinski definition) is 1. The first kappa shape index (κ1) is 12.9. The number of rotatable bonds is 6. The summed E-state index contributed by atoms with van der Waals surface area (Å²) < 4.78 is 9.47. The van der Waals surface area contributed by atoms with Crippen LogP contribution in [0.4, 0.5) is 0 Å². The van der Waals surface area contributed by atoms with Crippen LogP contribution in [0.5, 0.6) is 0 Å². The van der Waals surface area contributed by atoms with Crippen molar-refractivity contribution < 1.29 is 24.2 Å². The molecule has 0 amide bonds. The van der Waals surface area contributed by atoms with Crippen molar-refractivity contribution >= 4 is 11.9 Å². The molecule has 0 saturated carbocycles. The fraction of sp³-hybridized carbons (Fsp3) is 0.778. The van der Waals surface area contributed by atoms with Crippen LogP contribution in [0.1, 0.15) is 13.8 Å². The van der Waals surface area contributed by atoms with Gasteiger partial charge in [-0.3, -0.25) is 9.59 Å². The molecule has 0 aliphatic carbocycles. The van der Waals surface area contributed by atoms with E-state index in [1.165, 1.54) is 21.0 Å². The predicted octanol–water partition coefficient (Wildman–Crippen LogP) is 0.533. The molecule has 0 rings (SSSR count). The summed E-state index contributed by atoms with van der Waals surface area (Å²) in [5.41, 5.74) is 0. The van der Waals surface area contributed by atoms with Gasteiger partial charge in [-0.2, -0.15) is 0 Å². The molecule has 82 valence electrons. The van der Waals surface area contributed by atoms with E-state index in [-0.39, 0.29) is 6.61 Å². The van der Waals surface area contributed by atoms with E-state index in [0.29, 0.717) is 6.61 Å². The highest BCUT2D eigenvalue weighted by molar-refractivity contribution is 5.80. The van der Waals surface area contributed by atoms with Crippen LogP contribution in [0.3, 0.4) is 0 Å².